The molecule has 0 radical (unpaired) electrons. The summed E-state index contributed by atoms with van der Waals surface area (Å²) in [7, 11) is -5.56. The van der Waals surface area contributed by atoms with E-state index in [9.17, 15) is 21.6 Å². The van der Waals surface area contributed by atoms with Crippen LogP contribution in [0.3, 0.4) is 0 Å². The Bertz CT molecular complexity index is 330. The first kappa shape index (κ1) is 14.0. The molecular weight excluding hydrogens is 233 g/mol. The van der Waals surface area contributed by atoms with Crippen molar-refractivity contribution in [1.29, 1.82) is 0 Å². The van der Waals surface area contributed by atoms with Crippen molar-refractivity contribution in [3.05, 3.63) is 25.0 Å². The van der Waals surface area contributed by atoms with Crippen molar-refractivity contribution in [2.75, 3.05) is 0 Å². The molecular formula is C8H11F3O3S. The summed E-state index contributed by atoms with van der Waals surface area (Å²) in [6.07, 6.45) is 2.59. The summed E-state index contributed by atoms with van der Waals surface area (Å²) < 4.78 is 60.1. The van der Waals surface area contributed by atoms with Crippen LogP contribution in [0.2, 0.25) is 0 Å². The van der Waals surface area contributed by atoms with E-state index in [1.807, 2.05) is 0 Å². The molecule has 88 valence electrons. The Hall–Kier alpha value is -0.980. The SMILES string of the molecule is C=CCCCC(=C)OS(=O)(=O)C(F)(F)F. The minimum Gasteiger partial charge on any atom is -0.381 e. The van der Waals surface area contributed by atoms with Crippen LogP contribution >= 0.6 is 0 Å². The molecule has 0 N–H and O–H groups in total. The maximum atomic E-state index is 11.8. The minimum atomic E-state index is -5.56. The van der Waals surface area contributed by atoms with Crippen molar-refractivity contribution < 1.29 is 25.8 Å². The van der Waals surface area contributed by atoms with Gasteiger partial charge in [0.2, 0.25) is 0 Å². The summed E-state index contributed by atoms with van der Waals surface area (Å²) in [6, 6.07) is 0. The molecule has 7 heteroatoms. The number of allylic oxidation sites excluding steroid dienone is 2. The zero-order valence-corrected chi connectivity index (χ0v) is 8.70. The quantitative estimate of drug-likeness (QED) is 0.237. The van der Waals surface area contributed by atoms with Gasteiger partial charge in [0.15, 0.2) is 0 Å². The van der Waals surface area contributed by atoms with E-state index in [4.69, 9.17) is 0 Å². The van der Waals surface area contributed by atoms with E-state index in [0.717, 1.165) is 0 Å². The van der Waals surface area contributed by atoms with Gasteiger partial charge in [-0.1, -0.05) is 12.7 Å². The summed E-state index contributed by atoms with van der Waals surface area (Å²) in [5.74, 6) is -0.422. The maximum Gasteiger partial charge on any atom is 0.534 e. The average Bonchev–Trinajstić information content (AvgIpc) is 2.01. The predicted octanol–water partition coefficient (Wildman–Crippen LogP) is 2.72. The lowest BCUT2D eigenvalue weighted by molar-refractivity contribution is -0.0523. The Labute approximate surface area is 86.4 Å². The standard InChI is InChI=1S/C8H11F3O3S/c1-3-4-5-6-7(2)14-15(12,13)8(9,10)11/h3H,1-2,4-6H2. The molecule has 0 aromatic heterocycles. The van der Waals surface area contributed by atoms with Gasteiger partial charge in [0.05, 0.1) is 0 Å². The summed E-state index contributed by atoms with van der Waals surface area (Å²) in [4.78, 5) is 0. The van der Waals surface area contributed by atoms with Crippen LogP contribution in [-0.2, 0) is 14.3 Å². The second kappa shape index (κ2) is 5.20. The van der Waals surface area contributed by atoms with Crippen molar-refractivity contribution in [3.8, 4) is 0 Å². The lowest BCUT2D eigenvalue weighted by Crippen LogP contribution is -2.25. The van der Waals surface area contributed by atoms with E-state index in [1.165, 1.54) is 0 Å². The fourth-order valence-corrected chi connectivity index (χ4v) is 1.18. The lowest BCUT2D eigenvalue weighted by Gasteiger charge is -2.10. The normalized spacial score (nSPS) is 12.2. The van der Waals surface area contributed by atoms with Crippen LogP contribution in [0, 0.1) is 0 Å². The largest absolute Gasteiger partial charge is 0.534 e. The van der Waals surface area contributed by atoms with Crippen LogP contribution in [-0.4, -0.2) is 13.9 Å². The van der Waals surface area contributed by atoms with Crippen LogP contribution in [0.25, 0.3) is 0 Å². The number of alkyl halides is 3. The summed E-state index contributed by atoms with van der Waals surface area (Å²) in [5, 5.41) is 0. The van der Waals surface area contributed by atoms with Crippen molar-refractivity contribution in [1.82, 2.24) is 0 Å². The monoisotopic (exact) mass is 244 g/mol. The molecule has 0 amide bonds. The first-order chi connectivity index (χ1) is 6.70. The van der Waals surface area contributed by atoms with Crippen LogP contribution in [0.1, 0.15) is 19.3 Å². The molecule has 0 aliphatic rings. The Morgan fingerprint density at radius 2 is 1.93 bits per heavy atom. The molecule has 0 rings (SSSR count). The van der Waals surface area contributed by atoms with Gasteiger partial charge < -0.3 is 4.18 Å². The number of hydrogen-bond acceptors (Lipinski definition) is 3. The zero-order valence-electron chi connectivity index (χ0n) is 7.88. The third kappa shape index (κ3) is 4.87. The van der Waals surface area contributed by atoms with Crippen molar-refractivity contribution in [2.45, 2.75) is 24.8 Å². The topological polar surface area (TPSA) is 43.4 Å². The van der Waals surface area contributed by atoms with Crippen LogP contribution in [0.5, 0.6) is 0 Å². The van der Waals surface area contributed by atoms with Crippen molar-refractivity contribution in [2.24, 2.45) is 0 Å². The van der Waals surface area contributed by atoms with Gasteiger partial charge in [0.1, 0.15) is 5.76 Å². The minimum absolute atomic E-state index is 0.0430. The molecule has 15 heavy (non-hydrogen) atoms. The van der Waals surface area contributed by atoms with Gasteiger partial charge in [-0.15, -0.1) is 6.58 Å². The molecule has 0 saturated heterocycles. The van der Waals surface area contributed by atoms with Crippen LogP contribution in [0.15, 0.2) is 25.0 Å². The first-order valence-electron chi connectivity index (χ1n) is 4.00. The molecule has 0 aliphatic heterocycles. The molecule has 0 unspecified atom stereocenters. The fraction of sp³-hybridized carbons (Fsp3) is 0.500. The number of halogens is 3. The van der Waals surface area contributed by atoms with E-state index in [-0.39, 0.29) is 6.42 Å². The van der Waals surface area contributed by atoms with Gasteiger partial charge in [-0.2, -0.15) is 21.6 Å². The molecule has 0 bridgehead atoms. The number of unbranched alkanes of at least 4 members (excludes halogenated alkanes) is 1. The molecule has 0 saturated carbocycles. The first-order valence-corrected chi connectivity index (χ1v) is 5.41. The molecule has 0 aromatic carbocycles. The van der Waals surface area contributed by atoms with Crippen molar-refractivity contribution in [3.63, 3.8) is 0 Å². The molecule has 0 atom stereocenters. The summed E-state index contributed by atoms with van der Waals surface area (Å²) >= 11 is 0. The second-order valence-corrected chi connectivity index (χ2v) is 4.24. The lowest BCUT2D eigenvalue weighted by atomic mass is 10.2. The van der Waals surface area contributed by atoms with E-state index < -0.39 is 21.4 Å². The van der Waals surface area contributed by atoms with Gasteiger partial charge in [0, 0.05) is 6.42 Å². The molecule has 0 heterocycles. The fourth-order valence-electron chi connectivity index (χ4n) is 0.688. The van der Waals surface area contributed by atoms with E-state index in [1.54, 1.807) is 6.08 Å². The zero-order chi connectivity index (χ0) is 12.1. The highest BCUT2D eigenvalue weighted by molar-refractivity contribution is 7.87. The van der Waals surface area contributed by atoms with Gasteiger partial charge in [-0.25, -0.2) is 0 Å². The van der Waals surface area contributed by atoms with E-state index >= 15 is 0 Å². The van der Waals surface area contributed by atoms with Gasteiger partial charge >= 0.3 is 15.6 Å². The van der Waals surface area contributed by atoms with Crippen molar-refractivity contribution >= 4 is 10.1 Å². The highest BCUT2D eigenvalue weighted by atomic mass is 32.2. The smallest absolute Gasteiger partial charge is 0.381 e. The summed E-state index contributed by atoms with van der Waals surface area (Å²) in [6.45, 7) is 6.49. The maximum absolute atomic E-state index is 11.8. The molecule has 0 aromatic rings. The molecule has 0 fully saturated rings. The van der Waals surface area contributed by atoms with Gasteiger partial charge in [0.25, 0.3) is 0 Å². The van der Waals surface area contributed by atoms with E-state index in [2.05, 4.69) is 17.3 Å². The highest BCUT2D eigenvalue weighted by Crippen LogP contribution is 2.27. The number of hydrogen-bond donors (Lipinski definition) is 0. The Kier molecular flexibility index (Phi) is 4.86. The highest BCUT2D eigenvalue weighted by Gasteiger charge is 2.48. The van der Waals surface area contributed by atoms with Crippen LogP contribution in [0.4, 0.5) is 13.2 Å². The molecule has 3 nitrogen and oxygen atoms in total. The number of rotatable bonds is 6. The summed E-state index contributed by atoms with van der Waals surface area (Å²) in [5.41, 5.74) is -5.41. The predicted molar refractivity (Wildman–Crippen MR) is 49.2 cm³/mol. The Morgan fingerprint density at radius 1 is 1.40 bits per heavy atom. The second-order valence-electron chi connectivity index (χ2n) is 2.70. The van der Waals surface area contributed by atoms with E-state index in [0.29, 0.717) is 12.8 Å². The van der Waals surface area contributed by atoms with Gasteiger partial charge in [-0.05, 0) is 12.8 Å². The van der Waals surface area contributed by atoms with Crippen LogP contribution < -0.4 is 0 Å². The third-order valence-corrected chi connectivity index (χ3v) is 2.40. The van der Waals surface area contributed by atoms with Gasteiger partial charge in [-0.3, -0.25) is 0 Å². The molecule has 0 spiro atoms. The molecule has 0 aliphatic carbocycles. The third-order valence-electron chi connectivity index (χ3n) is 1.37. The Morgan fingerprint density at radius 3 is 2.33 bits per heavy atom. The Balaban J connectivity index is 4.24. The average molecular weight is 244 g/mol.